The highest BCUT2D eigenvalue weighted by molar-refractivity contribution is 7.57. The van der Waals surface area contributed by atoms with E-state index in [0.717, 1.165) is 18.4 Å². The van der Waals surface area contributed by atoms with Crippen LogP contribution in [0.3, 0.4) is 0 Å². The summed E-state index contributed by atoms with van der Waals surface area (Å²) in [5.41, 5.74) is 5.55. The van der Waals surface area contributed by atoms with Gasteiger partial charge in [0.15, 0.2) is 0 Å². The monoisotopic (exact) mass is 203 g/mol. The van der Waals surface area contributed by atoms with Gasteiger partial charge in [0.1, 0.15) is 0 Å². The molecule has 0 aromatic carbocycles. The number of nitrogens with two attached hydrogens (primary N) is 1. The Morgan fingerprint density at radius 2 is 1.46 bits per heavy atom. The highest BCUT2D eigenvalue weighted by Gasteiger charge is 2.11. The summed E-state index contributed by atoms with van der Waals surface area (Å²) < 4.78 is 0. The van der Waals surface area contributed by atoms with Gasteiger partial charge in [0.25, 0.3) is 0 Å². The molecule has 0 spiro atoms. The lowest BCUT2D eigenvalue weighted by molar-refractivity contribution is 0.715. The van der Waals surface area contributed by atoms with Gasteiger partial charge >= 0.3 is 0 Å². The second-order valence-electron chi connectivity index (χ2n) is 4.69. The van der Waals surface area contributed by atoms with Crippen molar-refractivity contribution in [3.05, 3.63) is 0 Å². The van der Waals surface area contributed by atoms with Crippen molar-refractivity contribution in [3.63, 3.8) is 0 Å². The SMILES string of the molecule is CC(C)CP(CCCN)CC(C)C. The van der Waals surface area contributed by atoms with Crippen LogP contribution >= 0.6 is 7.92 Å². The van der Waals surface area contributed by atoms with Crippen LogP contribution in [0.4, 0.5) is 0 Å². The topological polar surface area (TPSA) is 26.0 Å². The standard InChI is InChI=1S/C11H26NP/c1-10(2)8-13(7-5-6-12)9-11(3)4/h10-11H,5-9,12H2,1-4H3. The highest BCUT2D eigenvalue weighted by atomic mass is 31.1. The van der Waals surface area contributed by atoms with E-state index in [1.54, 1.807) is 0 Å². The summed E-state index contributed by atoms with van der Waals surface area (Å²) in [6.07, 6.45) is 5.49. The van der Waals surface area contributed by atoms with Crippen molar-refractivity contribution >= 4 is 7.92 Å². The van der Waals surface area contributed by atoms with Gasteiger partial charge in [0, 0.05) is 0 Å². The average molecular weight is 203 g/mol. The van der Waals surface area contributed by atoms with Crippen LogP contribution in [0.25, 0.3) is 0 Å². The molecule has 0 unspecified atom stereocenters. The molecule has 0 atom stereocenters. The first-order chi connectivity index (χ1) is 6.06. The van der Waals surface area contributed by atoms with E-state index in [2.05, 4.69) is 27.7 Å². The molecule has 13 heavy (non-hydrogen) atoms. The van der Waals surface area contributed by atoms with Crippen LogP contribution in [-0.4, -0.2) is 25.0 Å². The van der Waals surface area contributed by atoms with Crippen LogP contribution in [0.5, 0.6) is 0 Å². The minimum Gasteiger partial charge on any atom is -0.330 e. The van der Waals surface area contributed by atoms with Gasteiger partial charge in [-0.25, -0.2) is 0 Å². The molecule has 1 nitrogen and oxygen atoms in total. The summed E-state index contributed by atoms with van der Waals surface area (Å²) in [7, 11) is 0.275. The molecule has 0 fully saturated rings. The first-order valence-electron chi connectivity index (χ1n) is 5.48. The van der Waals surface area contributed by atoms with Crippen LogP contribution in [0, 0.1) is 11.8 Å². The van der Waals surface area contributed by atoms with Crippen LogP contribution in [0.1, 0.15) is 34.1 Å². The van der Waals surface area contributed by atoms with Crippen molar-refractivity contribution in [2.24, 2.45) is 17.6 Å². The molecule has 0 radical (unpaired) electrons. The summed E-state index contributed by atoms with van der Waals surface area (Å²) in [4.78, 5) is 0. The molecule has 0 aromatic heterocycles. The molecule has 2 N–H and O–H groups in total. The molecule has 0 amide bonds. The van der Waals surface area contributed by atoms with Crippen molar-refractivity contribution in [1.29, 1.82) is 0 Å². The number of rotatable bonds is 7. The van der Waals surface area contributed by atoms with Crippen LogP contribution < -0.4 is 5.73 Å². The second kappa shape index (κ2) is 7.76. The van der Waals surface area contributed by atoms with Gasteiger partial charge in [-0.15, -0.1) is 7.92 Å². The first-order valence-corrected chi connectivity index (χ1v) is 7.38. The summed E-state index contributed by atoms with van der Waals surface area (Å²) in [6.45, 7) is 10.2. The lowest BCUT2D eigenvalue weighted by atomic mass is 10.3. The van der Waals surface area contributed by atoms with Crippen LogP contribution in [0.2, 0.25) is 0 Å². The van der Waals surface area contributed by atoms with Crippen LogP contribution in [0.15, 0.2) is 0 Å². The number of hydrogen-bond acceptors (Lipinski definition) is 1. The first kappa shape index (κ1) is 13.4. The Morgan fingerprint density at radius 3 is 1.77 bits per heavy atom. The van der Waals surface area contributed by atoms with Gasteiger partial charge in [-0.2, -0.15) is 0 Å². The Morgan fingerprint density at radius 1 is 1.00 bits per heavy atom. The quantitative estimate of drug-likeness (QED) is 0.632. The maximum Gasteiger partial charge on any atom is -0.00739 e. The van der Waals surface area contributed by atoms with E-state index >= 15 is 0 Å². The molecule has 0 heterocycles. The zero-order chi connectivity index (χ0) is 10.3. The highest BCUT2D eigenvalue weighted by Crippen LogP contribution is 2.39. The van der Waals surface area contributed by atoms with E-state index in [-0.39, 0.29) is 7.92 Å². The molecule has 0 bridgehead atoms. The molecule has 0 aliphatic heterocycles. The summed E-state index contributed by atoms with van der Waals surface area (Å²) in [5.74, 6) is 1.73. The number of hydrogen-bond donors (Lipinski definition) is 1. The molecule has 0 rings (SSSR count). The van der Waals surface area contributed by atoms with Gasteiger partial charge in [-0.1, -0.05) is 27.7 Å². The van der Waals surface area contributed by atoms with Gasteiger partial charge in [-0.3, -0.25) is 0 Å². The maximum atomic E-state index is 5.55. The Kier molecular flexibility index (Phi) is 8.00. The Balaban J connectivity index is 3.73. The Bertz CT molecular complexity index is 103. The molecule has 0 saturated carbocycles. The average Bonchev–Trinajstić information content (AvgIpc) is 1.98. The third-order valence-electron chi connectivity index (χ3n) is 1.93. The van der Waals surface area contributed by atoms with Crippen molar-refractivity contribution in [2.45, 2.75) is 34.1 Å². The smallest absolute Gasteiger partial charge is 0.00739 e. The Hall–Kier alpha value is 0.390. The van der Waals surface area contributed by atoms with Gasteiger partial charge < -0.3 is 5.73 Å². The fourth-order valence-electron chi connectivity index (χ4n) is 1.60. The van der Waals surface area contributed by atoms with E-state index in [4.69, 9.17) is 5.73 Å². The third-order valence-corrected chi connectivity index (χ3v) is 5.37. The van der Waals surface area contributed by atoms with Crippen LogP contribution in [-0.2, 0) is 0 Å². The molecule has 0 aliphatic carbocycles. The predicted molar refractivity (Wildman–Crippen MR) is 64.9 cm³/mol. The minimum atomic E-state index is 0.275. The minimum absolute atomic E-state index is 0.275. The molecular weight excluding hydrogens is 177 g/mol. The molecule has 0 saturated heterocycles. The fourth-order valence-corrected chi connectivity index (χ4v) is 4.81. The molecule has 2 heteroatoms. The van der Waals surface area contributed by atoms with E-state index in [1.807, 2.05) is 0 Å². The van der Waals surface area contributed by atoms with Gasteiger partial charge in [-0.05, 0) is 43.3 Å². The van der Waals surface area contributed by atoms with E-state index < -0.39 is 0 Å². The van der Waals surface area contributed by atoms with Crippen molar-refractivity contribution in [2.75, 3.05) is 25.0 Å². The fraction of sp³-hybridized carbons (Fsp3) is 1.00. The molecular formula is C11H26NP. The zero-order valence-electron chi connectivity index (χ0n) is 9.71. The van der Waals surface area contributed by atoms with E-state index in [0.29, 0.717) is 0 Å². The molecule has 0 aliphatic rings. The predicted octanol–water partition coefficient (Wildman–Crippen LogP) is 3.13. The van der Waals surface area contributed by atoms with Crippen molar-refractivity contribution in [3.8, 4) is 0 Å². The largest absolute Gasteiger partial charge is 0.330 e. The van der Waals surface area contributed by atoms with Crippen molar-refractivity contribution in [1.82, 2.24) is 0 Å². The van der Waals surface area contributed by atoms with Gasteiger partial charge in [0.05, 0.1) is 0 Å². The van der Waals surface area contributed by atoms with Gasteiger partial charge in [0.2, 0.25) is 0 Å². The lowest BCUT2D eigenvalue weighted by Crippen LogP contribution is -2.08. The second-order valence-corrected chi connectivity index (χ2v) is 7.21. The summed E-state index contributed by atoms with van der Waals surface area (Å²) in [6, 6.07) is 0. The van der Waals surface area contributed by atoms with E-state index in [1.165, 1.54) is 24.9 Å². The van der Waals surface area contributed by atoms with E-state index in [9.17, 15) is 0 Å². The summed E-state index contributed by atoms with van der Waals surface area (Å²) in [5, 5.41) is 0. The molecule has 0 aromatic rings. The normalized spacial score (nSPS) is 12.0. The van der Waals surface area contributed by atoms with Crippen molar-refractivity contribution < 1.29 is 0 Å². The Labute approximate surface area is 85.2 Å². The lowest BCUT2D eigenvalue weighted by Gasteiger charge is -2.21. The third kappa shape index (κ3) is 8.71. The zero-order valence-corrected chi connectivity index (χ0v) is 10.6. The summed E-state index contributed by atoms with van der Waals surface area (Å²) >= 11 is 0. The maximum absolute atomic E-state index is 5.55. The molecule has 80 valence electrons.